The van der Waals surface area contributed by atoms with Crippen LogP contribution in [0.3, 0.4) is 0 Å². The van der Waals surface area contributed by atoms with Gasteiger partial charge in [0.15, 0.2) is 9.84 Å². The van der Waals surface area contributed by atoms with E-state index in [1.807, 2.05) is 86.6 Å². The molecule has 0 bridgehead atoms. The zero-order valence-electron chi connectivity index (χ0n) is 24.5. The molecule has 2 aromatic heterocycles. The number of hydrogen-bond acceptors (Lipinski definition) is 8. The zero-order valence-corrected chi connectivity index (χ0v) is 26.1. The molecule has 0 spiro atoms. The Morgan fingerprint density at radius 2 is 1.22 bits per heavy atom. The largest absolute Gasteiger partial charge is 0.423 e. The second-order valence-corrected chi connectivity index (χ2v) is 14.2. The molecule has 6 rings (SSSR count). The lowest BCUT2D eigenvalue weighted by molar-refractivity contribution is 0.472. The van der Waals surface area contributed by atoms with E-state index in [-0.39, 0.29) is 22.4 Å². The van der Waals surface area contributed by atoms with E-state index >= 15 is 0 Å². The first-order valence-electron chi connectivity index (χ1n) is 14.0. The van der Waals surface area contributed by atoms with E-state index in [1.54, 1.807) is 41.1 Å². The number of benzene rings is 4. The SMILES string of the molecule is Cc1ccc(NS(=O)(=O)Cc2nnc(CS(=O)(=O)c3c(-c4ccccc4)nn(-c4ccccc4)c3-c3ccc(C)cc3)o2)cc1. The van der Waals surface area contributed by atoms with Gasteiger partial charge >= 0.3 is 0 Å². The highest BCUT2D eigenvalue weighted by molar-refractivity contribution is 7.92. The molecular formula is C33H29N5O5S2. The van der Waals surface area contributed by atoms with Crippen molar-refractivity contribution in [1.82, 2.24) is 20.0 Å². The van der Waals surface area contributed by atoms with Crippen LogP contribution < -0.4 is 4.72 Å². The lowest BCUT2D eigenvalue weighted by atomic mass is 10.1. The zero-order chi connectivity index (χ0) is 31.6. The van der Waals surface area contributed by atoms with Gasteiger partial charge in [-0.15, -0.1) is 10.2 Å². The van der Waals surface area contributed by atoms with E-state index in [4.69, 9.17) is 9.52 Å². The number of sulfonamides is 1. The molecular weight excluding hydrogens is 611 g/mol. The maximum absolute atomic E-state index is 14.4. The van der Waals surface area contributed by atoms with Crippen LogP contribution in [-0.2, 0) is 31.4 Å². The van der Waals surface area contributed by atoms with Gasteiger partial charge < -0.3 is 4.42 Å². The fourth-order valence-corrected chi connectivity index (χ4v) is 7.39. The molecule has 12 heteroatoms. The molecule has 0 aliphatic rings. The number of nitrogens with one attached hydrogen (secondary N) is 1. The molecule has 0 saturated heterocycles. The fourth-order valence-electron chi connectivity index (χ4n) is 4.84. The van der Waals surface area contributed by atoms with Crippen LogP contribution in [0.15, 0.2) is 119 Å². The number of aryl methyl sites for hydroxylation is 2. The molecule has 0 saturated carbocycles. The van der Waals surface area contributed by atoms with Gasteiger partial charge in [-0.3, -0.25) is 4.72 Å². The summed E-state index contributed by atoms with van der Waals surface area (Å²) < 4.78 is 63.9. The topological polar surface area (TPSA) is 137 Å². The summed E-state index contributed by atoms with van der Waals surface area (Å²) in [6.45, 7) is 3.85. The van der Waals surface area contributed by atoms with E-state index < -0.39 is 31.4 Å². The Bertz CT molecular complexity index is 2160. The van der Waals surface area contributed by atoms with E-state index in [2.05, 4.69) is 14.9 Å². The molecule has 0 aliphatic carbocycles. The molecule has 10 nitrogen and oxygen atoms in total. The lowest BCUT2D eigenvalue weighted by Crippen LogP contribution is -2.15. The predicted octanol–water partition coefficient (Wildman–Crippen LogP) is 6.12. The average Bonchev–Trinajstić information content (AvgIpc) is 3.64. The van der Waals surface area contributed by atoms with E-state index in [0.717, 1.165) is 11.1 Å². The van der Waals surface area contributed by atoms with Gasteiger partial charge in [-0.05, 0) is 38.1 Å². The van der Waals surface area contributed by atoms with Crippen molar-refractivity contribution in [3.8, 4) is 28.2 Å². The van der Waals surface area contributed by atoms with Crippen LogP contribution in [0.5, 0.6) is 0 Å². The van der Waals surface area contributed by atoms with Gasteiger partial charge in [0.1, 0.15) is 22.1 Å². The molecule has 0 aliphatic heterocycles. The van der Waals surface area contributed by atoms with Crippen LogP contribution in [0.2, 0.25) is 0 Å². The average molecular weight is 640 g/mol. The van der Waals surface area contributed by atoms with Crippen molar-refractivity contribution in [2.75, 3.05) is 4.72 Å². The summed E-state index contributed by atoms with van der Waals surface area (Å²) in [4.78, 5) is -0.00480. The number of rotatable bonds is 10. The van der Waals surface area contributed by atoms with Gasteiger partial charge in [0.25, 0.3) is 0 Å². The Morgan fingerprint density at radius 3 is 1.84 bits per heavy atom. The third-order valence-electron chi connectivity index (χ3n) is 6.99. The van der Waals surface area contributed by atoms with Gasteiger partial charge in [0, 0.05) is 16.8 Å². The molecule has 0 fully saturated rings. The number of para-hydroxylation sites is 1. The van der Waals surface area contributed by atoms with Crippen LogP contribution in [0.4, 0.5) is 5.69 Å². The van der Waals surface area contributed by atoms with Crippen molar-refractivity contribution in [1.29, 1.82) is 0 Å². The monoisotopic (exact) mass is 639 g/mol. The lowest BCUT2D eigenvalue weighted by Gasteiger charge is -2.11. The minimum atomic E-state index is -4.20. The van der Waals surface area contributed by atoms with E-state index in [9.17, 15) is 16.8 Å². The molecule has 0 atom stereocenters. The Balaban J connectivity index is 1.40. The van der Waals surface area contributed by atoms with Gasteiger partial charge in [-0.25, -0.2) is 21.5 Å². The van der Waals surface area contributed by atoms with Crippen molar-refractivity contribution in [2.24, 2.45) is 0 Å². The maximum atomic E-state index is 14.4. The molecule has 4 aromatic carbocycles. The molecule has 45 heavy (non-hydrogen) atoms. The van der Waals surface area contributed by atoms with Crippen LogP contribution in [-0.4, -0.2) is 36.8 Å². The van der Waals surface area contributed by atoms with Crippen molar-refractivity contribution in [3.05, 3.63) is 132 Å². The predicted molar refractivity (Wildman–Crippen MR) is 172 cm³/mol. The van der Waals surface area contributed by atoms with Crippen molar-refractivity contribution >= 4 is 25.5 Å². The summed E-state index contributed by atoms with van der Waals surface area (Å²) >= 11 is 0. The first-order chi connectivity index (χ1) is 21.6. The second kappa shape index (κ2) is 12.1. The molecule has 0 radical (unpaired) electrons. The standard InChI is InChI=1S/C33H29N5O5S2/c1-23-13-17-26(18-14-23)32-33(31(25-9-5-3-6-10-25)36-38(32)28-11-7-4-8-12-28)44(39,40)21-29-34-35-30(43-29)22-45(41,42)37-27-19-15-24(2)16-20-27/h3-20,37H,21-22H2,1-2H3. The van der Waals surface area contributed by atoms with Crippen LogP contribution in [0.25, 0.3) is 28.2 Å². The summed E-state index contributed by atoms with van der Waals surface area (Å²) in [6, 6.07) is 32.7. The number of hydrogen-bond donors (Lipinski definition) is 1. The first kappa shape index (κ1) is 30.0. The highest BCUT2D eigenvalue weighted by Gasteiger charge is 2.33. The number of anilines is 1. The van der Waals surface area contributed by atoms with E-state index in [0.29, 0.717) is 28.2 Å². The van der Waals surface area contributed by atoms with Crippen LogP contribution in [0, 0.1) is 13.8 Å². The first-order valence-corrected chi connectivity index (χ1v) is 17.3. The molecule has 6 aromatic rings. The smallest absolute Gasteiger partial charge is 0.241 e. The van der Waals surface area contributed by atoms with Crippen molar-refractivity contribution < 1.29 is 21.3 Å². The second-order valence-electron chi connectivity index (χ2n) is 10.6. The Kier molecular flexibility index (Phi) is 8.09. The van der Waals surface area contributed by atoms with Crippen molar-refractivity contribution in [3.63, 3.8) is 0 Å². The summed E-state index contributed by atoms with van der Waals surface area (Å²) in [6.07, 6.45) is 0. The fraction of sp³-hybridized carbons (Fsp3) is 0.121. The highest BCUT2D eigenvalue weighted by atomic mass is 32.2. The van der Waals surface area contributed by atoms with Gasteiger partial charge in [0.05, 0.1) is 11.4 Å². The summed E-state index contributed by atoms with van der Waals surface area (Å²) in [7, 11) is -8.10. The third-order valence-corrected chi connectivity index (χ3v) is 9.80. The minimum Gasteiger partial charge on any atom is -0.423 e. The number of sulfone groups is 1. The molecule has 0 amide bonds. The normalized spacial score (nSPS) is 11.9. The minimum absolute atomic E-state index is 0.00480. The van der Waals surface area contributed by atoms with Gasteiger partial charge in [-0.1, -0.05) is 96.1 Å². The summed E-state index contributed by atoms with van der Waals surface area (Å²) in [5.74, 6) is -1.76. The van der Waals surface area contributed by atoms with E-state index in [1.165, 1.54) is 0 Å². The van der Waals surface area contributed by atoms with Crippen LogP contribution in [0.1, 0.15) is 22.9 Å². The number of nitrogens with zero attached hydrogens (tertiary/aromatic N) is 4. The Labute approximate surface area is 261 Å². The molecule has 1 N–H and O–H groups in total. The van der Waals surface area contributed by atoms with Crippen molar-refractivity contribution in [2.45, 2.75) is 30.2 Å². The summed E-state index contributed by atoms with van der Waals surface area (Å²) in [5, 5.41) is 12.6. The van der Waals surface area contributed by atoms with Crippen LogP contribution >= 0.6 is 0 Å². The third kappa shape index (κ3) is 6.71. The Morgan fingerprint density at radius 1 is 0.667 bits per heavy atom. The maximum Gasteiger partial charge on any atom is 0.241 e. The van der Waals surface area contributed by atoms with Gasteiger partial charge in [0.2, 0.25) is 21.8 Å². The summed E-state index contributed by atoms with van der Waals surface area (Å²) in [5.41, 5.74) is 4.96. The molecule has 0 unspecified atom stereocenters. The highest BCUT2D eigenvalue weighted by Crippen LogP contribution is 2.39. The number of aromatic nitrogens is 4. The quantitative estimate of drug-likeness (QED) is 0.189. The molecule has 2 heterocycles. The Hall–Kier alpha value is -5.07. The van der Waals surface area contributed by atoms with Gasteiger partial charge in [-0.2, -0.15) is 5.10 Å². The molecule has 228 valence electrons.